The van der Waals surface area contributed by atoms with Crippen LogP contribution >= 0.6 is 0 Å². The minimum Gasteiger partial charge on any atom is -0.313 e. The zero-order valence-corrected chi connectivity index (χ0v) is 28.3. The molecule has 9 rings (SSSR count). The largest absolute Gasteiger partial charge is 0.313 e. The Kier molecular flexibility index (Phi) is 7.03. The summed E-state index contributed by atoms with van der Waals surface area (Å²) in [6.45, 7) is 1.99. The molecule has 1 unspecified atom stereocenters. The van der Waals surface area contributed by atoms with Gasteiger partial charge in [0.25, 0.3) is 0 Å². The molecule has 1 atom stereocenters. The minimum absolute atomic E-state index is 0.583. The SMILES string of the molecule is CC1(C#N)CC=Cc2c1c1c(n2-c2ccc(C#N)cc2-c2cccc(-c3ccc(-n4c5c(c6ccccc64)C=CCC5)cc3)c2)CCC(C#N)=C1. The van der Waals surface area contributed by atoms with Crippen LogP contribution < -0.4 is 0 Å². The van der Waals surface area contributed by atoms with Crippen LogP contribution in [-0.4, -0.2) is 9.13 Å². The predicted octanol–water partition coefficient (Wildman–Crippen LogP) is 10.6. The highest BCUT2D eigenvalue weighted by Gasteiger charge is 2.38. The molecule has 242 valence electrons. The van der Waals surface area contributed by atoms with Gasteiger partial charge in [0.2, 0.25) is 0 Å². The Morgan fingerprint density at radius 3 is 2.33 bits per heavy atom. The van der Waals surface area contributed by atoms with E-state index in [4.69, 9.17) is 0 Å². The van der Waals surface area contributed by atoms with E-state index in [1.54, 1.807) is 0 Å². The van der Waals surface area contributed by atoms with Crippen LogP contribution in [0, 0.1) is 34.0 Å². The first kappa shape index (κ1) is 30.4. The van der Waals surface area contributed by atoms with Gasteiger partial charge in [-0.3, -0.25) is 0 Å². The lowest BCUT2D eigenvalue weighted by Gasteiger charge is -2.26. The number of aromatic nitrogens is 2. The maximum atomic E-state index is 10.4. The van der Waals surface area contributed by atoms with Crippen molar-refractivity contribution in [3.8, 4) is 51.8 Å². The van der Waals surface area contributed by atoms with Crippen molar-refractivity contribution >= 4 is 29.1 Å². The molecule has 4 aromatic carbocycles. The number of nitriles is 3. The van der Waals surface area contributed by atoms with Gasteiger partial charge in [-0.1, -0.05) is 66.8 Å². The summed E-state index contributed by atoms with van der Waals surface area (Å²) >= 11 is 0. The number of nitrogens with zero attached hydrogens (tertiary/aromatic N) is 5. The molecule has 3 aliphatic rings. The van der Waals surface area contributed by atoms with Crippen LogP contribution in [-0.2, 0) is 18.3 Å². The molecule has 5 heteroatoms. The summed E-state index contributed by atoms with van der Waals surface area (Å²) in [5, 5.41) is 31.5. The molecule has 0 saturated carbocycles. The van der Waals surface area contributed by atoms with Crippen molar-refractivity contribution < 1.29 is 0 Å². The average Bonchev–Trinajstić information content (AvgIpc) is 3.71. The van der Waals surface area contributed by atoms with Crippen molar-refractivity contribution in [2.45, 2.75) is 44.4 Å². The number of benzene rings is 4. The van der Waals surface area contributed by atoms with Gasteiger partial charge in [0.15, 0.2) is 0 Å². The lowest BCUT2D eigenvalue weighted by molar-refractivity contribution is 0.612. The molecule has 51 heavy (non-hydrogen) atoms. The number of hydrogen-bond acceptors (Lipinski definition) is 3. The third-order valence-electron chi connectivity index (χ3n) is 10.9. The van der Waals surface area contributed by atoms with E-state index in [-0.39, 0.29) is 0 Å². The second kappa shape index (κ2) is 11.8. The quantitative estimate of drug-likeness (QED) is 0.189. The maximum Gasteiger partial charge on any atom is 0.0991 e. The van der Waals surface area contributed by atoms with Crippen molar-refractivity contribution in [1.29, 1.82) is 15.8 Å². The van der Waals surface area contributed by atoms with Gasteiger partial charge < -0.3 is 9.13 Å². The molecule has 0 N–H and O–H groups in total. The van der Waals surface area contributed by atoms with Crippen LogP contribution in [0.15, 0.2) is 109 Å². The summed E-state index contributed by atoms with van der Waals surface area (Å²) in [5.74, 6) is 0. The fourth-order valence-electron chi connectivity index (χ4n) is 8.44. The second-order valence-corrected chi connectivity index (χ2v) is 13.9. The van der Waals surface area contributed by atoms with E-state index >= 15 is 0 Å². The highest BCUT2D eigenvalue weighted by molar-refractivity contribution is 5.93. The van der Waals surface area contributed by atoms with Crippen molar-refractivity contribution in [1.82, 2.24) is 9.13 Å². The van der Waals surface area contributed by atoms with E-state index in [2.05, 4.69) is 124 Å². The first-order chi connectivity index (χ1) is 25.0. The Balaban J connectivity index is 1.17. The second-order valence-electron chi connectivity index (χ2n) is 13.9. The average molecular weight is 656 g/mol. The number of para-hydroxylation sites is 1. The smallest absolute Gasteiger partial charge is 0.0991 e. The predicted molar refractivity (Wildman–Crippen MR) is 204 cm³/mol. The summed E-state index contributed by atoms with van der Waals surface area (Å²) in [6, 6.07) is 39.2. The van der Waals surface area contributed by atoms with E-state index in [9.17, 15) is 15.8 Å². The van der Waals surface area contributed by atoms with Crippen LogP contribution in [0.25, 0.3) is 62.8 Å². The zero-order valence-electron chi connectivity index (χ0n) is 28.3. The number of allylic oxidation sites excluding steroid dienone is 3. The number of fused-ring (bicyclic) bond motifs is 6. The lowest BCUT2D eigenvalue weighted by Crippen LogP contribution is -2.23. The van der Waals surface area contributed by atoms with Crippen LogP contribution in [0.2, 0.25) is 0 Å². The summed E-state index contributed by atoms with van der Waals surface area (Å²) in [7, 11) is 0. The van der Waals surface area contributed by atoms with Crippen molar-refractivity contribution in [2.75, 3.05) is 0 Å². The highest BCUT2D eigenvalue weighted by Crippen LogP contribution is 2.46. The summed E-state index contributed by atoms with van der Waals surface area (Å²) in [4.78, 5) is 0. The van der Waals surface area contributed by atoms with E-state index < -0.39 is 5.41 Å². The molecule has 0 amide bonds. The van der Waals surface area contributed by atoms with Gasteiger partial charge in [-0.2, -0.15) is 15.8 Å². The van der Waals surface area contributed by atoms with Gasteiger partial charge in [-0.15, -0.1) is 0 Å². The van der Waals surface area contributed by atoms with Gasteiger partial charge >= 0.3 is 0 Å². The topological polar surface area (TPSA) is 81.2 Å². The summed E-state index contributed by atoms with van der Waals surface area (Å²) < 4.78 is 4.68. The van der Waals surface area contributed by atoms with Crippen molar-refractivity contribution in [2.24, 2.45) is 0 Å². The van der Waals surface area contributed by atoms with Crippen LogP contribution in [0.4, 0.5) is 0 Å². The Morgan fingerprint density at radius 2 is 1.51 bits per heavy atom. The molecular weight excluding hydrogens is 623 g/mol. The summed E-state index contributed by atoms with van der Waals surface area (Å²) in [6.07, 6.45) is 14.7. The molecule has 6 aromatic rings. The number of hydrogen-bond donors (Lipinski definition) is 0. The molecule has 0 aliphatic heterocycles. The molecule has 0 fully saturated rings. The molecule has 2 heterocycles. The van der Waals surface area contributed by atoms with E-state index in [1.807, 2.05) is 31.2 Å². The van der Waals surface area contributed by atoms with Gasteiger partial charge in [0.05, 0.1) is 46.1 Å². The number of rotatable bonds is 4. The van der Waals surface area contributed by atoms with Gasteiger partial charge in [-0.05, 0) is 110 Å². The molecule has 5 nitrogen and oxygen atoms in total. The molecule has 2 aromatic heterocycles. The van der Waals surface area contributed by atoms with Gasteiger partial charge in [-0.25, -0.2) is 0 Å². The van der Waals surface area contributed by atoms with E-state index in [0.717, 1.165) is 74.6 Å². The molecule has 0 radical (unpaired) electrons. The monoisotopic (exact) mass is 655 g/mol. The van der Waals surface area contributed by atoms with Crippen molar-refractivity contribution in [3.05, 3.63) is 148 Å². The fourth-order valence-corrected chi connectivity index (χ4v) is 8.44. The van der Waals surface area contributed by atoms with Gasteiger partial charge in [0, 0.05) is 50.3 Å². The van der Waals surface area contributed by atoms with E-state index in [1.165, 1.54) is 22.2 Å². The normalized spacial score (nSPS) is 17.1. The maximum absolute atomic E-state index is 10.4. The van der Waals surface area contributed by atoms with Gasteiger partial charge in [0.1, 0.15) is 0 Å². The van der Waals surface area contributed by atoms with Crippen molar-refractivity contribution in [3.63, 3.8) is 0 Å². The van der Waals surface area contributed by atoms with Crippen LogP contribution in [0.5, 0.6) is 0 Å². The van der Waals surface area contributed by atoms with E-state index in [0.29, 0.717) is 24.8 Å². The standard InChI is InChI=1S/C46H33N5/c1-46(29-49)23-7-14-44-45(46)39-25-31(28-48)16-22-43(39)51(44)42-21-15-30(27-47)24-38(42)34-9-6-8-33(26-34)32-17-19-35(20-18-32)50-40-12-4-2-10-36(40)37-11-3-5-13-41(37)50/h2-4,6-12,14-15,17-21,24-26H,5,13,16,22-23H2,1H3. The third kappa shape index (κ3) is 4.73. The first-order valence-electron chi connectivity index (χ1n) is 17.5. The van der Waals surface area contributed by atoms with Crippen LogP contribution in [0.1, 0.15) is 65.5 Å². The minimum atomic E-state index is -0.713. The molecule has 3 aliphatic carbocycles. The Morgan fingerprint density at radius 1 is 0.686 bits per heavy atom. The van der Waals surface area contributed by atoms with Crippen LogP contribution in [0.3, 0.4) is 0 Å². The molecule has 0 bridgehead atoms. The molecule has 0 spiro atoms. The Bertz CT molecular complexity index is 2650. The summed E-state index contributed by atoms with van der Waals surface area (Å²) in [5.41, 5.74) is 14.8. The fraction of sp³-hybridized carbons (Fsp3) is 0.152. The zero-order chi connectivity index (χ0) is 34.7. The lowest BCUT2D eigenvalue weighted by atomic mass is 9.75. The molecular formula is C46H33N5. The third-order valence-corrected chi connectivity index (χ3v) is 10.9. The Hall–Kier alpha value is -6.61. The highest BCUT2D eigenvalue weighted by atomic mass is 15.0. The molecule has 0 saturated heterocycles. The first-order valence-corrected chi connectivity index (χ1v) is 17.5. The Labute approximate surface area is 297 Å².